The summed E-state index contributed by atoms with van der Waals surface area (Å²) in [6, 6.07) is 4.08. The van der Waals surface area contributed by atoms with Crippen molar-refractivity contribution in [3.8, 4) is 5.75 Å². The molecular weight excluding hydrogens is 542 g/mol. The van der Waals surface area contributed by atoms with Gasteiger partial charge < -0.3 is 30.7 Å². The van der Waals surface area contributed by atoms with Gasteiger partial charge in [0.1, 0.15) is 23.9 Å². The molecule has 1 aromatic rings. The first-order chi connectivity index (χ1) is 20.0. The summed E-state index contributed by atoms with van der Waals surface area (Å²) in [5.74, 6) is -1.43. The molecule has 1 aliphatic heterocycles. The average molecular weight is 590 g/mol. The van der Waals surface area contributed by atoms with Gasteiger partial charge in [0, 0.05) is 33.5 Å². The van der Waals surface area contributed by atoms with Gasteiger partial charge in [-0.2, -0.15) is 0 Å². The van der Waals surface area contributed by atoms with Gasteiger partial charge in [0.05, 0.1) is 13.2 Å². The first-order valence-electron chi connectivity index (χ1n) is 14.6. The van der Waals surface area contributed by atoms with Crippen LogP contribution in [-0.4, -0.2) is 91.0 Å². The maximum atomic E-state index is 13.4. The number of nitrogens with one attached hydrogen (secondary N) is 4. The van der Waals surface area contributed by atoms with Crippen LogP contribution in [0.1, 0.15) is 64.9 Å². The zero-order chi connectivity index (χ0) is 31.2. The number of nitrogens with zero attached hydrogens (tertiary/aromatic N) is 1. The van der Waals surface area contributed by atoms with Crippen molar-refractivity contribution in [2.45, 2.75) is 89.9 Å². The minimum atomic E-state index is -1.08. The van der Waals surface area contributed by atoms with E-state index in [9.17, 15) is 29.1 Å². The molecule has 0 aliphatic carbocycles. The molecule has 1 aromatic carbocycles. The summed E-state index contributed by atoms with van der Waals surface area (Å²) in [5, 5.41) is 21.1. The molecule has 0 radical (unpaired) electrons. The molecule has 2 rings (SSSR count). The highest BCUT2D eigenvalue weighted by Gasteiger charge is 2.32. The van der Waals surface area contributed by atoms with Gasteiger partial charge in [0.2, 0.25) is 23.6 Å². The fraction of sp³-hybridized carbons (Fsp3) is 0.633. The van der Waals surface area contributed by atoms with Gasteiger partial charge in [-0.05, 0) is 62.1 Å². The zero-order valence-corrected chi connectivity index (χ0v) is 25.4. The standard InChI is InChI=1S/C30H47N5O7/c1-19(2)17-24(28(38)34-25(27(37)31-4)18-21-11-13-22(42-5)14-12-21)33-23(30(40)41)9-6-7-15-32-29(39)26-10-8-16-35(26)20(3)36/h11-14,19,23-26,33H,6-10,15-18H2,1-5H3,(H,31,37)(H,32,39)(H,34,38)(H,40,41)/t23-,24+,25+,26+/m1/s1. The molecule has 12 nitrogen and oxygen atoms in total. The lowest BCUT2D eigenvalue weighted by molar-refractivity contribution is -0.140. The van der Waals surface area contributed by atoms with Crippen LogP contribution in [0.15, 0.2) is 24.3 Å². The normalized spacial score (nSPS) is 16.8. The first kappa shape index (κ1) is 34.5. The SMILES string of the molecule is CNC(=O)[C@H](Cc1ccc(OC)cc1)NC(=O)[C@H](CC(C)C)N[C@H](CCCCNC(=O)[C@@H]1CCCN1C(C)=O)C(=O)O. The molecule has 0 unspecified atom stereocenters. The van der Waals surface area contributed by atoms with Crippen molar-refractivity contribution in [1.29, 1.82) is 0 Å². The van der Waals surface area contributed by atoms with E-state index in [1.54, 1.807) is 24.1 Å². The maximum Gasteiger partial charge on any atom is 0.320 e. The van der Waals surface area contributed by atoms with E-state index in [-0.39, 0.29) is 36.5 Å². The molecule has 5 N–H and O–H groups in total. The van der Waals surface area contributed by atoms with E-state index < -0.39 is 36.0 Å². The summed E-state index contributed by atoms with van der Waals surface area (Å²) in [5.41, 5.74) is 0.829. The molecular formula is C30H47N5O7. The summed E-state index contributed by atoms with van der Waals surface area (Å²) in [6.45, 7) is 6.27. The van der Waals surface area contributed by atoms with Crippen molar-refractivity contribution in [2.75, 3.05) is 27.2 Å². The van der Waals surface area contributed by atoms with Crippen LogP contribution in [0.25, 0.3) is 0 Å². The third-order valence-corrected chi connectivity index (χ3v) is 7.38. The number of carbonyl (C=O) groups is 5. The molecule has 0 aromatic heterocycles. The van der Waals surface area contributed by atoms with E-state index in [2.05, 4.69) is 21.3 Å². The largest absolute Gasteiger partial charge is 0.497 e. The maximum absolute atomic E-state index is 13.4. The van der Waals surface area contributed by atoms with Crippen LogP contribution >= 0.6 is 0 Å². The van der Waals surface area contributed by atoms with Crippen molar-refractivity contribution in [1.82, 2.24) is 26.2 Å². The lowest BCUT2D eigenvalue weighted by atomic mass is 9.99. The fourth-order valence-electron chi connectivity index (χ4n) is 5.12. The van der Waals surface area contributed by atoms with Crippen LogP contribution < -0.4 is 26.0 Å². The molecule has 0 bridgehead atoms. The Morgan fingerprint density at radius 2 is 1.71 bits per heavy atom. The van der Waals surface area contributed by atoms with Gasteiger partial charge in [-0.15, -0.1) is 0 Å². The highest BCUT2D eigenvalue weighted by atomic mass is 16.5. The van der Waals surface area contributed by atoms with E-state index in [1.165, 1.54) is 14.0 Å². The molecule has 0 saturated carbocycles. The Hall–Kier alpha value is -3.67. The van der Waals surface area contributed by atoms with Gasteiger partial charge in [0.25, 0.3) is 0 Å². The number of amides is 4. The Balaban J connectivity index is 1.96. The number of carboxylic acids is 1. The molecule has 4 amide bonds. The fourth-order valence-corrected chi connectivity index (χ4v) is 5.12. The molecule has 42 heavy (non-hydrogen) atoms. The molecule has 1 fully saturated rings. The van der Waals surface area contributed by atoms with Gasteiger partial charge in [-0.25, -0.2) is 0 Å². The Labute approximate surface area is 248 Å². The highest BCUT2D eigenvalue weighted by Crippen LogP contribution is 2.17. The van der Waals surface area contributed by atoms with Crippen LogP contribution in [0.2, 0.25) is 0 Å². The number of rotatable bonds is 17. The molecule has 12 heteroatoms. The van der Waals surface area contributed by atoms with Crippen LogP contribution in [0, 0.1) is 5.92 Å². The number of hydrogen-bond donors (Lipinski definition) is 5. The van der Waals surface area contributed by atoms with Gasteiger partial charge in [-0.1, -0.05) is 26.0 Å². The van der Waals surface area contributed by atoms with Gasteiger partial charge in [-0.3, -0.25) is 29.3 Å². The predicted molar refractivity (Wildman–Crippen MR) is 158 cm³/mol. The van der Waals surface area contributed by atoms with Gasteiger partial charge >= 0.3 is 5.97 Å². The van der Waals surface area contributed by atoms with E-state index in [4.69, 9.17) is 4.74 Å². The number of methoxy groups -OCH3 is 1. The number of likely N-dealkylation sites (N-methyl/N-ethyl adjacent to an activating group) is 1. The Kier molecular flexibility index (Phi) is 14.2. The Bertz CT molecular complexity index is 1060. The van der Waals surface area contributed by atoms with Crippen LogP contribution in [0.4, 0.5) is 0 Å². The number of hydrogen-bond acceptors (Lipinski definition) is 7. The van der Waals surface area contributed by atoms with Crippen molar-refractivity contribution < 1.29 is 33.8 Å². The summed E-state index contributed by atoms with van der Waals surface area (Å²) in [7, 11) is 3.06. The molecule has 1 saturated heterocycles. The van der Waals surface area contributed by atoms with Crippen molar-refractivity contribution in [3.05, 3.63) is 29.8 Å². The monoisotopic (exact) mass is 589 g/mol. The predicted octanol–water partition coefficient (Wildman–Crippen LogP) is 1.22. The lowest BCUT2D eigenvalue weighted by Gasteiger charge is -2.26. The Morgan fingerprint density at radius 1 is 1.02 bits per heavy atom. The van der Waals surface area contributed by atoms with Crippen molar-refractivity contribution in [3.63, 3.8) is 0 Å². The summed E-state index contributed by atoms with van der Waals surface area (Å²) < 4.78 is 5.18. The third-order valence-electron chi connectivity index (χ3n) is 7.38. The second-order valence-corrected chi connectivity index (χ2v) is 11.1. The number of unbranched alkanes of at least 4 members (excludes halogenated alkanes) is 1. The number of benzene rings is 1. The van der Waals surface area contributed by atoms with Crippen molar-refractivity contribution in [2.24, 2.45) is 5.92 Å². The van der Waals surface area contributed by atoms with Crippen LogP contribution in [0.3, 0.4) is 0 Å². The second-order valence-electron chi connectivity index (χ2n) is 11.1. The summed E-state index contributed by atoms with van der Waals surface area (Å²) in [4.78, 5) is 63.9. The van der Waals surface area contributed by atoms with E-state index >= 15 is 0 Å². The van der Waals surface area contributed by atoms with E-state index in [0.29, 0.717) is 44.5 Å². The van der Waals surface area contributed by atoms with E-state index in [0.717, 1.165) is 12.0 Å². The summed E-state index contributed by atoms with van der Waals surface area (Å²) in [6.07, 6.45) is 3.36. The number of carboxylic acid groups (broad SMARTS) is 1. The molecule has 4 atom stereocenters. The highest BCUT2D eigenvalue weighted by molar-refractivity contribution is 5.90. The molecule has 234 valence electrons. The minimum Gasteiger partial charge on any atom is -0.497 e. The number of likely N-dealkylation sites (tertiary alicyclic amines) is 1. The minimum absolute atomic E-state index is 0.0862. The van der Waals surface area contributed by atoms with Crippen molar-refractivity contribution >= 4 is 29.6 Å². The van der Waals surface area contributed by atoms with E-state index in [1.807, 2.05) is 26.0 Å². The third kappa shape index (κ3) is 11.0. The topological polar surface area (TPSA) is 166 Å². The quantitative estimate of drug-likeness (QED) is 0.169. The number of aliphatic carboxylic acids is 1. The number of carbonyl (C=O) groups excluding carboxylic acids is 4. The van der Waals surface area contributed by atoms with Crippen LogP contribution in [0.5, 0.6) is 5.75 Å². The first-order valence-corrected chi connectivity index (χ1v) is 14.6. The average Bonchev–Trinajstić information content (AvgIpc) is 3.45. The molecule has 1 heterocycles. The Morgan fingerprint density at radius 3 is 2.29 bits per heavy atom. The summed E-state index contributed by atoms with van der Waals surface area (Å²) >= 11 is 0. The second kappa shape index (κ2) is 17.3. The zero-order valence-electron chi connectivity index (χ0n) is 25.4. The van der Waals surface area contributed by atoms with Gasteiger partial charge in [0.15, 0.2) is 0 Å². The molecule has 1 aliphatic rings. The number of ether oxygens (including phenoxy) is 1. The lowest BCUT2D eigenvalue weighted by Crippen LogP contribution is -2.56. The smallest absolute Gasteiger partial charge is 0.320 e. The molecule has 0 spiro atoms. The van der Waals surface area contributed by atoms with Crippen LogP contribution in [-0.2, 0) is 30.4 Å².